The van der Waals surface area contributed by atoms with Crippen molar-refractivity contribution in [3.8, 4) is 0 Å². The summed E-state index contributed by atoms with van der Waals surface area (Å²) in [4.78, 5) is 13.3. The van der Waals surface area contributed by atoms with E-state index in [-0.39, 0.29) is 11.5 Å². The highest BCUT2D eigenvalue weighted by Crippen LogP contribution is 2.31. The fourth-order valence-corrected chi connectivity index (χ4v) is 2.36. The van der Waals surface area contributed by atoms with E-state index in [0.717, 1.165) is 25.7 Å². The number of rotatable bonds is 4. The Balaban J connectivity index is 2.58. The molecule has 0 spiro atoms. The Bertz CT molecular complexity index is 235. The van der Waals surface area contributed by atoms with Gasteiger partial charge >= 0.3 is 0 Å². The van der Waals surface area contributed by atoms with E-state index in [0.29, 0.717) is 6.54 Å². The monoisotopic (exact) mass is 228 g/mol. The van der Waals surface area contributed by atoms with Crippen molar-refractivity contribution >= 4 is 5.91 Å². The minimum absolute atomic E-state index is 0.0124. The first kappa shape index (κ1) is 13.5. The van der Waals surface area contributed by atoms with Crippen LogP contribution in [-0.4, -0.2) is 43.2 Å². The topological polar surface area (TPSA) is 55.6 Å². The Morgan fingerprint density at radius 2 is 1.94 bits per heavy atom. The highest BCUT2D eigenvalue weighted by atomic mass is 16.5. The Kier molecular flexibility index (Phi) is 4.74. The summed E-state index contributed by atoms with van der Waals surface area (Å²) >= 11 is 0. The molecule has 2 N–H and O–H groups in total. The number of carbonyl (C=O) groups excluding carboxylic acids is 1. The SMILES string of the molecule is CC(OC1(CN)CCCCC1)C(=O)N(C)C. The van der Waals surface area contributed by atoms with E-state index >= 15 is 0 Å². The van der Waals surface area contributed by atoms with Crippen molar-refractivity contribution in [1.82, 2.24) is 4.90 Å². The summed E-state index contributed by atoms with van der Waals surface area (Å²) < 4.78 is 5.93. The first-order valence-corrected chi connectivity index (χ1v) is 6.10. The summed E-state index contributed by atoms with van der Waals surface area (Å²) in [6.07, 6.45) is 5.13. The molecule has 16 heavy (non-hydrogen) atoms. The van der Waals surface area contributed by atoms with Crippen LogP contribution >= 0.6 is 0 Å². The Morgan fingerprint density at radius 1 is 1.38 bits per heavy atom. The second-order valence-electron chi connectivity index (χ2n) is 4.94. The van der Waals surface area contributed by atoms with Crippen molar-refractivity contribution < 1.29 is 9.53 Å². The summed E-state index contributed by atoms with van der Waals surface area (Å²) in [6, 6.07) is 0. The van der Waals surface area contributed by atoms with Gasteiger partial charge in [0, 0.05) is 20.6 Å². The lowest BCUT2D eigenvalue weighted by atomic mass is 9.84. The zero-order chi connectivity index (χ0) is 12.2. The van der Waals surface area contributed by atoms with Gasteiger partial charge in [-0.3, -0.25) is 4.79 Å². The zero-order valence-corrected chi connectivity index (χ0v) is 10.7. The fourth-order valence-electron chi connectivity index (χ4n) is 2.36. The van der Waals surface area contributed by atoms with Crippen molar-refractivity contribution in [3.63, 3.8) is 0 Å². The number of hydrogen-bond acceptors (Lipinski definition) is 3. The number of amides is 1. The van der Waals surface area contributed by atoms with Gasteiger partial charge in [-0.1, -0.05) is 19.3 Å². The lowest BCUT2D eigenvalue weighted by Crippen LogP contribution is -2.48. The van der Waals surface area contributed by atoms with Crippen LogP contribution in [0.25, 0.3) is 0 Å². The molecule has 0 aromatic rings. The molecule has 0 radical (unpaired) electrons. The molecule has 0 aromatic carbocycles. The normalized spacial score (nSPS) is 21.5. The fraction of sp³-hybridized carbons (Fsp3) is 0.917. The van der Waals surface area contributed by atoms with Gasteiger partial charge < -0.3 is 15.4 Å². The molecule has 1 saturated carbocycles. The van der Waals surface area contributed by atoms with Crippen LogP contribution in [0, 0.1) is 0 Å². The number of nitrogens with two attached hydrogens (primary N) is 1. The van der Waals surface area contributed by atoms with Gasteiger partial charge in [0.15, 0.2) is 0 Å². The predicted molar refractivity (Wildman–Crippen MR) is 64.1 cm³/mol. The van der Waals surface area contributed by atoms with Gasteiger partial charge in [0.2, 0.25) is 0 Å². The van der Waals surface area contributed by atoms with E-state index in [1.165, 1.54) is 6.42 Å². The Morgan fingerprint density at radius 3 is 2.38 bits per heavy atom. The van der Waals surface area contributed by atoms with Gasteiger partial charge in [0.05, 0.1) is 5.60 Å². The quantitative estimate of drug-likeness (QED) is 0.785. The summed E-state index contributed by atoms with van der Waals surface area (Å²) in [6.45, 7) is 2.33. The van der Waals surface area contributed by atoms with Crippen LogP contribution in [0.5, 0.6) is 0 Å². The minimum Gasteiger partial charge on any atom is -0.361 e. The number of ether oxygens (including phenoxy) is 1. The molecule has 0 aliphatic heterocycles. The molecule has 1 unspecified atom stereocenters. The van der Waals surface area contributed by atoms with Crippen molar-refractivity contribution in [2.75, 3.05) is 20.6 Å². The van der Waals surface area contributed by atoms with Crippen molar-refractivity contribution in [3.05, 3.63) is 0 Å². The van der Waals surface area contributed by atoms with Gasteiger partial charge in [0.25, 0.3) is 5.91 Å². The molecule has 0 aromatic heterocycles. The first-order chi connectivity index (χ1) is 7.51. The lowest BCUT2D eigenvalue weighted by Gasteiger charge is -2.38. The van der Waals surface area contributed by atoms with Crippen LogP contribution < -0.4 is 5.73 Å². The van der Waals surface area contributed by atoms with E-state index in [4.69, 9.17) is 10.5 Å². The zero-order valence-electron chi connectivity index (χ0n) is 10.7. The van der Waals surface area contributed by atoms with E-state index in [1.807, 2.05) is 6.92 Å². The molecule has 1 amide bonds. The average Bonchev–Trinajstić information content (AvgIpc) is 2.29. The highest BCUT2D eigenvalue weighted by Gasteiger charge is 2.35. The van der Waals surface area contributed by atoms with E-state index in [2.05, 4.69) is 0 Å². The van der Waals surface area contributed by atoms with Crippen molar-refractivity contribution in [1.29, 1.82) is 0 Å². The lowest BCUT2D eigenvalue weighted by molar-refractivity contribution is -0.156. The molecular formula is C12H24N2O2. The van der Waals surface area contributed by atoms with Crippen LogP contribution in [-0.2, 0) is 9.53 Å². The molecule has 4 heteroatoms. The van der Waals surface area contributed by atoms with Crippen molar-refractivity contribution in [2.45, 2.75) is 50.7 Å². The second-order valence-corrected chi connectivity index (χ2v) is 4.94. The molecule has 0 heterocycles. The Hall–Kier alpha value is -0.610. The molecule has 1 rings (SSSR count). The highest BCUT2D eigenvalue weighted by molar-refractivity contribution is 5.80. The van der Waals surface area contributed by atoms with Gasteiger partial charge in [-0.2, -0.15) is 0 Å². The van der Waals surface area contributed by atoms with Crippen molar-refractivity contribution in [2.24, 2.45) is 5.73 Å². The molecule has 0 saturated heterocycles. The van der Waals surface area contributed by atoms with E-state index in [1.54, 1.807) is 19.0 Å². The molecule has 1 aliphatic rings. The van der Waals surface area contributed by atoms with Gasteiger partial charge in [-0.15, -0.1) is 0 Å². The van der Waals surface area contributed by atoms with Crippen LogP contribution in [0.2, 0.25) is 0 Å². The smallest absolute Gasteiger partial charge is 0.250 e. The maximum Gasteiger partial charge on any atom is 0.250 e. The van der Waals surface area contributed by atoms with Gasteiger partial charge in [0.1, 0.15) is 6.10 Å². The number of nitrogens with zero attached hydrogens (tertiary/aromatic N) is 1. The molecule has 1 atom stereocenters. The standard InChI is InChI=1S/C12H24N2O2/c1-10(11(15)14(2)3)16-12(9-13)7-5-4-6-8-12/h10H,4-9,13H2,1-3H3. The van der Waals surface area contributed by atoms with Gasteiger partial charge in [-0.25, -0.2) is 0 Å². The maximum atomic E-state index is 11.7. The van der Waals surface area contributed by atoms with Crippen LogP contribution in [0.4, 0.5) is 0 Å². The molecule has 1 fully saturated rings. The molecular weight excluding hydrogens is 204 g/mol. The van der Waals surface area contributed by atoms with E-state index < -0.39 is 6.10 Å². The molecule has 1 aliphatic carbocycles. The number of likely N-dealkylation sites (N-methyl/N-ethyl adjacent to an activating group) is 1. The summed E-state index contributed by atoms with van der Waals surface area (Å²) in [5, 5.41) is 0. The summed E-state index contributed by atoms with van der Waals surface area (Å²) in [7, 11) is 3.50. The third-order valence-electron chi connectivity index (χ3n) is 3.35. The largest absolute Gasteiger partial charge is 0.361 e. The molecule has 94 valence electrons. The third kappa shape index (κ3) is 3.19. The third-order valence-corrected chi connectivity index (χ3v) is 3.35. The number of carbonyl (C=O) groups is 1. The first-order valence-electron chi connectivity index (χ1n) is 6.10. The maximum absolute atomic E-state index is 11.7. The summed E-state index contributed by atoms with van der Waals surface area (Å²) in [5.41, 5.74) is 5.55. The predicted octanol–water partition coefficient (Wildman–Crippen LogP) is 1.14. The van der Waals surface area contributed by atoms with Crippen LogP contribution in [0.3, 0.4) is 0 Å². The average molecular weight is 228 g/mol. The van der Waals surface area contributed by atoms with Crippen LogP contribution in [0.1, 0.15) is 39.0 Å². The van der Waals surface area contributed by atoms with Gasteiger partial charge in [-0.05, 0) is 19.8 Å². The Labute approximate surface area is 98.1 Å². The van der Waals surface area contributed by atoms with E-state index in [9.17, 15) is 4.79 Å². The minimum atomic E-state index is -0.392. The second kappa shape index (κ2) is 5.64. The molecule has 0 bridgehead atoms. The summed E-state index contributed by atoms with van der Waals surface area (Å²) in [5.74, 6) is 0.0124. The van der Waals surface area contributed by atoms with Crippen LogP contribution in [0.15, 0.2) is 0 Å². The molecule has 4 nitrogen and oxygen atoms in total. The number of hydrogen-bond donors (Lipinski definition) is 1.